The Bertz CT molecular complexity index is 334. The zero-order valence-corrected chi connectivity index (χ0v) is 9.68. The molecule has 0 bridgehead atoms. The molecule has 15 heavy (non-hydrogen) atoms. The molecule has 82 valence electrons. The van der Waals surface area contributed by atoms with E-state index in [0.29, 0.717) is 6.04 Å². The van der Waals surface area contributed by atoms with Crippen LogP contribution in [0.3, 0.4) is 0 Å². The van der Waals surface area contributed by atoms with E-state index < -0.39 is 0 Å². The molecule has 1 atom stereocenters. The van der Waals surface area contributed by atoms with Crippen molar-refractivity contribution in [2.24, 2.45) is 0 Å². The average Bonchev–Trinajstić information content (AvgIpc) is 2.30. The Morgan fingerprint density at radius 3 is 2.87 bits per heavy atom. The summed E-state index contributed by atoms with van der Waals surface area (Å²) in [6, 6.07) is 6.33. The Labute approximate surface area is 95.6 Å². The minimum absolute atomic E-state index is 0.414. The second-order valence-corrected chi connectivity index (χ2v) is 4.30. The van der Waals surface area contributed by atoms with E-state index in [-0.39, 0.29) is 0 Å². The minimum Gasteiger partial charge on any atom is -0.497 e. The lowest BCUT2D eigenvalue weighted by Gasteiger charge is -2.24. The number of benzene rings is 1. The topological polar surface area (TPSA) is 21.3 Å². The van der Waals surface area contributed by atoms with Gasteiger partial charge in [-0.15, -0.1) is 0 Å². The molecule has 1 aromatic carbocycles. The normalized spacial score (nSPS) is 21.3. The lowest BCUT2D eigenvalue weighted by atomic mass is 9.97. The van der Waals surface area contributed by atoms with Crippen molar-refractivity contribution in [3.63, 3.8) is 0 Å². The van der Waals surface area contributed by atoms with Gasteiger partial charge >= 0.3 is 0 Å². The van der Waals surface area contributed by atoms with E-state index >= 15 is 0 Å². The summed E-state index contributed by atoms with van der Waals surface area (Å²) in [4.78, 5) is 0. The Kier molecular flexibility index (Phi) is 3.49. The van der Waals surface area contributed by atoms with Gasteiger partial charge < -0.3 is 10.1 Å². The van der Waals surface area contributed by atoms with E-state index in [1.807, 2.05) is 12.1 Å². The third-order valence-electron chi connectivity index (χ3n) is 2.89. The van der Waals surface area contributed by atoms with Gasteiger partial charge in [0.1, 0.15) is 5.75 Å². The van der Waals surface area contributed by atoms with Crippen molar-refractivity contribution < 1.29 is 4.74 Å². The Morgan fingerprint density at radius 2 is 2.27 bits per heavy atom. The zero-order valence-electron chi connectivity index (χ0n) is 8.92. The molecule has 0 spiro atoms. The molecule has 1 saturated heterocycles. The number of rotatable bonds is 2. The van der Waals surface area contributed by atoms with E-state index in [0.717, 1.165) is 17.3 Å². The number of ether oxygens (including phenoxy) is 1. The largest absolute Gasteiger partial charge is 0.497 e. The number of methoxy groups -OCH3 is 1. The van der Waals surface area contributed by atoms with Crippen LogP contribution in [0.25, 0.3) is 0 Å². The highest BCUT2D eigenvalue weighted by Crippen LogP contribution is 2.31. The third-order valence-corrected chi connectivity index (χ3v) is 3.22. The van der Waals surface area contributed by atoms with Gasteiger partial charge in [0.05, 0.1) is 7.11 Å². The summed E-state index contributed by atoms with van der Waals surface area (Å²) >= 11 is 6.22. The second-order valence-electron chi connectivity index (χ2n) is 3.89. The maximum absolute atomic E-state index is 6.22. The fourth-order valence-electron chi connectivity index (χ4n) is 2.03. The Balaban J connectivity index is 2.19. The second kappa shape index (κ2) is 4.86. The fourth-order valence-corrected chi connectivity index (χ4v) is 2.34. The first-order valence-electron chi connectivity index (χ1n) is 5.38. The molecule has 1 aliphatic rings. The molecule has 1 fully saturated rings. The fraction of sp³-hybridized carbons (Fsp3) is 0.500. The molecule has 2 nitrogen and oxygen atoms in total. The number of hydrogen-bond donors (Lipinski definition) is 1. The molecule has 1 heterocycles. The molecule has 0 amide bonds. The molecule has 0 saturated carbocycles. The molecule has 0 aliphatic carbocycles. The SMILES string of the molecule is COc1ccc([C@@H]2CCCCN2)c(Cl)c1. The number of nitrogens with one attached hydrogen (secondary N) is 1. The lowest BCUT2D eigenvalue weighted by molar-refractivity contribution is 0.406. The first kappa shape index (κ1) is 10.8. The predicted molar refractivity (Wildman–Crippen MR) is 62.6 cm³/mol. The number of hydrogen-bond acceptors (Lipinski definition) is 2. The van der Waals surface area contributed by atoms with Crippen LogP contribution >= 0.6 is 11.6 Å². The van der Waals surface area contributed by atoms with Gasteiger partial charge in [-0.3, -0.25) is 0 Å². The third kappa shape index (κ3) is 2.44. The molecule has 1 N–H and O–H groups in total. The monoisotopic (exact) mass is 225 g/mol. The van der Waals surface area contributed by atoms with Gasteiger partial charge in [-0.2, -0.15) is 0 Å². The standard InChI is InChI=1S/C12H16ClNO/c1-15-9-5-6-10(11(13)8-9)12-4-2-3-7-14-12/h5-6,8,12,14H,2-4,7H2,1H3/t12-/m0/s1. The maximum Gasteiger partial charge on any atom is 0.120 e. The smallest absolute Gasteiger partial charge is 0.120 e. The van der Waals surface area contributed by atoms with Crippen LogP contribution in [-0.4, -0.2) is 13.7 Å². The Morgan fingerprint density at radius 1 is 1.40 bits per heavy atom. The van der Waals surface area contributed by atoms with Gasteiger partial charge in [-0.05, 0) is 37.1 Å². The van der Waals surface area contributed by atoms with Crippen LogP contribution < -0.4 is 10.1 Å². The number of piperidine rings is 1. The molecule has 0 aromatic heterocycles. The quantitative estimate of drug-likeness (QED) is 0.835. The van der Waals surface area contributed by atoms with Gasteiger partial charge in [-0.1, -0.05) is 24.1 Å². The van der Waals surface area contributed by atoms with Crippen molar-refractivity contribution in [2.45, 2.75) is 25.3 Å². The first-order chi connectivity index (χ1) is 7.31. The summed E-state index contributed by atoms with van der Waals surface area (Å²) in [5.74, 6) is 0.819. The molecule has 1 aromatic rings. The van der Waals surface area contributed by atoms with Crippen LogP contribution in [0, 0.1) is 0 Å². The molecule has 3 heteroatoms. The van der Waals surface area contributed by atoms with E-state index in [1.165, 1.54) is 24.8 Å². The van der Waals surface area contributed by atoms with Crippen molar-refractivity contribution in [2.75, 3.05) is 13.7 Å². The highest BCUT2D eigenvalue weighted by atomic mass is 35.5. The summed E-state index contributed by atoms with van der Waals surface area (Å²) in [7, 11) is 1.66. The Hall–Kier alpha value is -0.730. The van der Waals surface area contributed by atoms with Crippen molar-refractivity contribution in [3.8, 4) is 5.75 Å². The van der Waals surface area contributed by atoms with E-state index in [1.54, 1.807) is 7.11 Å². The molecular formula is C12H16ClNO. The van der Waals surface area contributed by atoms with Crippen molar-refractivity contribution >= 4 is 11.6 Å². The minimum atomic E-state index is 0.414. The highest BCUT2D eigenvalue weighted by Gasteiger charge is 2.17. The average molecular weight is 226 g/mol. The van der Waals surface area contributed by atoms with E-state index in [9.17, 15) is 0 Å². The summed E-state index contributed by atoms with van der Waals surface area (Å²) in [6.07, 6.45) is 3.72. The van der Waals surface area contributed by atoms with Crippen LogP contribution in [0.4, 0.5) is 0 Å². The van der Waals surface area contributed by atoms with Crippen LogP contribution in [0.15, 0.2) is 18.2 Å². The van der Waals surface area contributed by atoms with Crippen LogP contribution in [0.2, 0.25) is 5.02 Å². The number of halogens is 1. The van der Waals surface area contributed by atoms with Crippen LogP contribution in [-0.2, 0) is 0 Å². The molecule has 1 aliphatic heterocycles. The molecule has 2 rings (SSSR count). The van der Waals surface area contributed by atoms with Gasteiger partial charge in [0, 0.05) is 11.1 Å². The lowest BCUT2D eigenvalue weighted by Crippen LogP contribution is -2.26. The van der Waals surface area contributed by atoms with Crippen molar-refractivity contribution in [1.29, 1.82) is 0 Å². The maximum atomic E-state index is 6.22. The summed E-state index contributed by atoms with van der Waals surface area (Å²) < 4.78 is 5.13. The first-order valence-corrected chi connectivity index (χ1v) is 5.76. The van der Waals surface area contributed by atoms with Crippen LogP contribution in [0.1, 0.15) is 30.9 Å². The highest BCUT2D eigenvalue weighted by molar-refractivity contribution is 6.31. The predicted octanol–water partition coefficient (Wildman–Crippen LogP) is 3.16. The van der Waals surface area contributed by atoms with Gasteiger partial charge in [0.15, 0.2) is 0 Å². The molecular weight excluding hydrogens is 210 g/mol. The molecule has 0 radical (unpaired) electrons. The zero-order chi connectivity index (χ0) is 10.7. The van der Waals surface area contributed by atoms with E-state index in [2.05, 4.69) is 11.4 Å². The summed E-state index contributed by atoms with van der Waals surface area (Å²) in [5, 5.41) is 4.29. The summed E-state index contributed by atoms with van der Waals surface area (Å²) in [6.45, 7) is 1.09. The van der Waals surface area contributed by atoms with Crippen molar-refractivity contribution in [3.05, 3.63) is 28.8 Å². The van der Waals surface area contributed by atoms with E-state index in [4.69, 9.17) is 16.3 Å². The van der Waals surface area contributed by atoms with Gasteiger partial charge in [0.2, 0.25) is 0 Å². The van der Waals surface area contributed by atoms with Gasteiger partial charge in [-0.25, -0.2) is 0 Å². The van der Waals surface area contributed by atoms with Crippen LogP contribution in [0.5, 0.6) is 5.75 Å². The van der Waals surface area contributed by atoms with Crippen molar-refractivity contribution in [1.82, 2.24) is 5.32 Å². The molecule has 0 unspecified atom stereocenters. The summed E-state index contributed by atoms with van der Waals surface area (Å²) in [5.41, 5.74) is 1.19. The van der Waals surface area contributed by atoms with Gasteiger partial charge in [0.25, 0.3) is 0 Å².